The standard InChI is InChI=1S/C19H28N4/c1-23-15-21-22-19(23)12-13-20-18(17-10-6-3-7-11-17)14-16-8-4-2-5-9-16/h2,4-5,8-9,15,17-18,20H,3,6-7,10-14H2,1H3/t18-/m0/s1. The molecule has 1 N–H and O–H groups in total. The van der Waals surface area contributed by atoms with Crippen LogP contribution in [0.15, 0.2) is 36.7 Å². The van der Waals surface area contributed by atoms with Crippen molar-refractivity contribution in [1.82, 2.24) is 20.1 Å². The summed E-state index contributed by atoms with van der Waals surface area (Å²) < 4.78 is 2.01. The summed E-state index contributed by atoms with van der Waals surface area (Å²) in [4.78, 5) is 0. The molecule has 2 aromatic rings. The molecule has 4 heteroatoms. The van der Waals surface area contributed by atoms with E-state index >= 15 is 0 Å². The van der Waals surface area contributed by atoms with Crippen LogP contribution in [0.25, 0.3) is 0 Å². The summed E-state index contributed by atoms with van der Waals surface area (Å²) in [6.45, 7) is 0.973. The average molecular weight is 312 g/mol. The Balaban J connectivity index is 1.59. The molecule has 1 aromatic heterocycles. The van der Waals surface area contributed by atoms with Gasteiger partial charge in [0.25, 0.3) is 0 Å². The van der Waals surface area contributed by atoms with E-state index in [1.807, 2.05) is 11.6 Å². The summed E-state index contributed by atoms with van der Waals surface area (Å²) >= 11 is 0. The lowest BCUT2D eigenvalue weighted by Crippen LogP contribution is -2.40. The molecule has 1 fully saturated rings. The molecule has 1 aliphatic rings. The van der Waals surface area contributed by atoms with Crippen LogP contribution in [0, 0.1) is 5.92 Å². The Morgan fingerprint density at radius 2 is 1.96 bits per heavy atom. The first kappa shape index (κ1) is 16.2. The molecule has 0 aliphatic heterocycles. The van der Waals surface area contributed by atoms with Gasteiger partial charge in [0.15, 0.2) is 0 Å². The smallest absolute Gasteiger partial charge is 0.133 e. The van der Waals surface area contributed by atoms with Crippen molar-refractivity contribution in [2.45, 2.75) is 51.0 Å². The summed E-state index contributed by atoms with van der Waals surface area (Å²) in [7, 11) is 2.01. The second-order valence-electron chi connectivity index (χ2n) is 6.76. The topological polar surface area (TPSA) is 42.7 Å². The monoisotopic (exact) mass is 312 g/mol. The van der Waals surface area contributed by atoms with Crippen LogP contribution in [-0.2, 0) is 19.9 Å². The van der Waals surface area contributed by atoms with Crippen LogP contribution in [0.4, 0.5) is 0 Å². The van der Waals surface area contributed by atoms with Gasteiger partial charge in [-0.1, -0.05) is 49.6 Å². The molecule has 0 saturated heterocycles. The zero-order valence-corrected chi connectivity index (χ0v) is 14.1. The lowest BCUT2D eigenvalue weighted by molar-refractivity contribution is 0.267. The first-order chi connectivity index (χ1) is 11.3. The number of benzene rings is 1. The highest BCUT2D eigenvalue weighted by Crippen LogP contribution is 2.28. The van der Waals surface area contributed by atoms with Gasteiger partial charge in [0.1, 0.15) is 12.2 Å². The van der Waals surface area contributed by atoms with Gasteiger partial charge in [0, 0.05) is 26.1 Å². The number of nitrogens with one attached hydrogen (secondary N) is 1. The van der Waals surface area contributed by atoms with Gasteiger partial charge in [-0.25, -0.2) is 0 Å². The fourth-order valence-electron chi connectivity index (χ4n) is 3.71. The van der Waals surface area contributed by atoms with Crippen molar-refractivity contribution in [2.75, 3.05) is 6.54 Å². The van der Waals surface area contributed by atoms with E-state index in [2.05, 4.69) is 45.8 Å². The van der Waals surface area contributed by atoms with Crippen LogP contribution in [-0.4, -0.2) is 27.4 Å². The molecule has 23 heavy (non-hydrogen) atoms. The summed E-state index contributed by atoms with van der Waals surface area (Å²) in [5.41, 5.74) is 1.44. The van der Waals surface area contributed by atoms with E-state index in [1.54, 1.807) is 6.33 Å². The Morgan fingerprint density at radius 1 is 1.17 bits per heavy atom. The van der Waals surface area contributed by atoms with Crippen molar-refractivity contribution in [3.63, 3.8) is 0 Å². The first-order valence-corrected chi connectivity index (χ1v) is 8.93. The van der Waals surface area contributed by atoms with Crippen molar-refractivity contribution >= 4 is 0 Å². The molecule has 4 nitrogen and oxygen atoms in total. The molecule has 1 atom stereocenters. The number of nitrogens with zero attached hydrogens (tertiary/aromatic N) is 3. The molecule has 0 unspecified atom stereocenters. The summed E-state index contributed by atoms with van der Waals surface area (Å²) in [6, 6.07) is 11.5. The SMILES string of the molecule is Cn1cnnc1CCN[C@@H](Cc1ccccc1)C1CCCCC1. The quantitative estimate of drug-likeness (QED) is 0.854. The normalized spacial score (nSPS) is 17.3. The van der Waals surface area contributed by atoms with E-state index in [0.717, 1.165) is 31.1 Å². The Hall–Kier alpha value is -1.68. The maximum Gasteiger partial charge on any atom is 0.133 e. The zero-order chi connectivity index (χ0) is 15.9. The van der Waals surface area contributed by atoms with E-state index in [1.165, 1.54) is 37.7 Å². The number of hydrogen-bond donors (Lipinski definition) is 1. The molecular formula is C19H28N4. The minimum atomic E-state index is 0.575. The number of hydrogen-bond acceptors (Lipinski definition) is 3. The lowest BCUT2D eigenvalue weighted by Gasteiger charge is -2.31. The molecule has 1 aromatic carbocycles. The van der Waals surface area contributed by atoms with E-state index in [9.17, 15) is 0 Å². The Bertz CT molecular complexity index is 572. The molecule has 1 saturated carbocycles. The summed E-state index contributed by atoms with van der Waals surface area (Å²) in [6.07, 6.45) is 10.8. The van der Waals surface area contributed by atoms with Gasteiger partial charge in [-0.2, -0.15) is 0 Å². The third-order valence-electron chi connectivity index (χ3n) is 5.08. The van der Waals surface area contributed by atoms with Crippen LogP contribution in [0.1, 0.15) is 43.5 Å². The number of aryl methyl sites for hydroxylation is 1. The molecule has 1 aliphatic carbocycles. The van der Waals surface area contributed by atoms with Crippen molar-refractivity contribution in [3.05, 3.63) is 48.0 Å². The van der Waals surface area contributed by atoms with E-state index < -0.39 is 0 Å². The number of rotatable bonds is 7. The molecule has 124 valence electrons. The highest BCUT2D eigenvalue weighted by Gasteiger charge is 2.23. The van der Waals surface area contributed by atoms with Gasteiger partial charge < -0.3 is 9.88 Å². The molecular weight excluding hydrogens is 284 g/mol. The van der Waals surface area contributed by atoms with Gasteiger partial charge in [0.05, 0.1) is 0 Å². The van der Waals surface area contributed by atoms with E-state index in [0.29, 0.717) is 6.04 Å². The van der Waals surface area contributed by atoms with Crippen LogP contribution in [0.3, 0.4) is 0 Å². The zero-order valence-electron chi connectivity index (χ0n) is 14.1. The molecule has 0 spiro atoms. The third-order valence-corrected chi connectivity index (χ3v) is 5.08. The van der Waals surface area contributed by atoms with Crippen molar-refractivity contribution in [1.29, 1.82) is 0 Å². The number of aromatic nitrogens is 3. The molecule has 0 bridgehead atoms. The molecule has 0 amide bonds. The van der Waals surface area contributed by atoms with Gasteiger partial charge in [-0.15, -0.1) is 10.2 Å². The van der Waals surface area contributed by atoms with E-state index in [-0.39, 0.29) is 0 Å². The predicted octanol–water partition coefficient (Wildman–Crippen LogP) is 3.14. The lowest BCUT2D eigenvalue weighted by atomic mass is 9.81. The van der Waals surface area contributed by atoms with E-state index in [4.69, 9.17) is 0 Å². The average Bonchev–Trinajstić information content (AvgIpc) is 3.01. The first-order valence-electron chi connectivity index (χ1n) is 8.93. The fraction of sp³-hybridized carbons (Fsp3) is 0.579. The van der Waals surface area contributed by atoms with Crippen LogP contribution < -0.4 is 5.32 Å². The Labute approximate surface area is 139 Å². The summed E-state index contributed by atoms with van der Waals surface area (Å²) in [5, 5.41) is 12.0. The highest BCUT2D eigenvalue weighted by molar-refractivity contribution is 5.16. The van der Waals surface area contributed by atoms with Crippen LogP contribution in [0.2, 0.25) is 0 Å². The van der Waals surface area contributed by atoms with Crippen molar-refractivity contribution in [3.8, 4) is 0 Å². The molecule has 3 rings (SSSR count). The second-order valence-corrected chi connectivity index (χ2v) is 6.76. The fourth-order valence-corrected chi connectivity index (χ4v) is 3.71. The largest absolute Gasteiger partial charge is 0.321 e. The second kappa shape index (κ2) is 8.25. The minimum absolute atomic E-state index is 0.575. The predicted molar refractivity (Wildman–Crippen MR) is 93.2 cm³/mol. The maximum atomic E-state index is 4.18. The maximum absolute atomic E-state index is 4.18. The third kappa shape index (κ3) is 4.64. The molecule has 0 radical (unpaired) electrons. The summed E-state index contributed by atoms with van der Waals surface area (Å²) in [5.74, 6) is 1.86. The van der Waals surface area contributed by atoms with Crippen molar-refractivity contribution < 1.29 is 0 Å². The van der Waals surface area contributed by atoms with Gasteiger partial charge >= 0.3 is 0 Å². The molecule has 1 heterocycles. The van der Waals surface area contributed by atoms with Gasteiger partial charge in [0.2, 0.25) is 0 Å². The van der Waals surface area contributed by atoms with Gasteiger partial charge in [-0.05, 0) is 30.7 Å². The van der Waals surface area contributed by atoms with Crippen LogP contribution >= 0.6 is 0 Å². The minimum Gasteiger partial charge on any atom is -0.321 e. The Morgan fingerprint density at radius 3 is 2.65 bits per heavy atom. The van der Waals surface area contributed by atoms with Crippen molar-refractivity contribution in [2.24, 2.45) is 13.0 Å². The Kier molecular flexibility index (Phi) is 5.81. The van der Waals surface area contributed by atoms with Gasteiger partial charge in [-0.3, -0.25) is 0 Å². The van der Waals surface area contributed by atoms with Crippen LogP contribution in [0.5, 0.6) is 0 Å². The highest BCUT2D eigenvalue weighted by atomic mass is 15.2.